The van der Waals surface area contributed by atoms with Gasteiger partial charge in [0.25, 0.3) is 0 Å². The Hall–Kier alpha value is -2.22. The molecule has 0 saturated carbocycles. The number of nitrogens with zero attached hydrogens (tertiary/aromatic N) is 3. The molecule has 5 nitrogen and oxygen atoms in total. The summed E-state index contributed by atoms with van der Waals surface area (Å²) in [6, 6.07) is 10.1. The van der Waals surface area contributed by atoms with E-state index in [0.717, 1.165) is 56.7 Å². The minimum atomic E-state index is -0.447. The summed E-state index contributed by atoms with van der Waals surface area (Å²) in [6.45, 7) is 9.15. The number of para-hydroxylation sites is 1. The maximum Gasteiger partial charge on any atom is 0.410 e. The summed E-state index contributed by atoms with van der Waals surface area (Å²) in [5, 5.41) is 9.33. The number of likely N-dealkylation sites (tertiary alicyclic amines) is 1. The second-order valence-electron chi connectivity index (χ2n) is 8.27. The summed E-state index contributed by atoms with van der Waals surface area (Å²) >= 11 is 0. The van der Waals surface area contributed by atoms with E-state index < -0.39 is 5.60 Å². The highest BCUT2D eigenvalue weighted by Gasteiger charge is 2.42. The number of rotatable bonds is 1. The van der Waals surface area contributed by atoms with Crippen LogP contribution >= 0.6 is 0 Å². The van der Waals surface area contributed by atoms with E-state index >= 15 is 0 Å². The fourth-order valence-corrected chi connectivity index (χ4v) is 3.88. The van der Waals surface area contributed by atoms with Crippen molar-refractivity contribution in [2.75, 3.05) is 31.1 Å². The summed E-state index contributed by atoms with van der Waals surface area (Å²) in [6.07, 6.45) is 2.91. The Balaban J connectivity index is 1.61. The lowest BCUT2D eigenvalue weighted by Gasteiger charge is -2.39. The first-order valence-corrected chi connectivity index (χ1v) is 9.04. The Morgan fingerprint density at radius 3 is 2.44 bits per heavy atom. The molecule has 2 heterocycles. The molecular formula is C20H27N3O2. The van der Waals surface area contributed by atoms with Gasteiger partial charge in [-0.15, -0.1) is 0 Å². The largest absolute Gasteiger partial charge is 0.444 e. The Bertz CT molecular complexity index is 679. The average Bonchev–Trinajstić information content (AvgIpc) is 2.97. The van der Waals surface area contributed by atoms with Gasteiger partial charge in [0.1, 0.15) is 11.7 Å². The van der Waals surface area contributed by atoms with Crippen LogP contribution in [0.1, 0.15) is 45.6 Å². The predicted octanol–water partition coefficient (Wildman–Crippen LogP) is 3.79. The molecule has 0 aliphatic carbocycles. The van der Waals surface area contributed by atoms with Crippen molar-refractivity contribution in [1.29, 1.82) is 5.26 Å². The van der Waals surface area contributed by atoms with Crippen molar-refractivity contribution < 1.29 is 9.53 Å². The molecule has 0 unspecified atom stereocenters. The van der Waals surface area contributed by atoms with E-state index in [1.807, 2.05) is 49.9 Å². The number of piperidine rings is 1. The lowest BCUT2D eigenvalue weighted by atomic mass is 9.78. The van der Waals surface area contributed by atoms with E-state index in [4.69, 9.17) is 4.74 Å². The van der Waals surface area contributed by atoms with Crippen molar-refractivity contribution in [2.45, 2.75) is 45.6 Å². The number of carbonyl (C=O) groups is 1. The van der Waals surface area contributed by atoms with E-state index in [0.29, 0.717) is 0 Å². The molecule has 0 aromatic heterocycles. The van der Waals surface area contributed by atoms with Crippen LogP contribution in [0.5, 0.6) is 0 Å². The minimum absolute atomic E-state index is 0.202. The van der Waals surface area contributed by atoms with Crippen LogP contribution < -0.4 is 4.90 Å². The molecule has 1 aromatic rings. The summed E-state index contributed by atoms with van der Waals surface area (Å²) in [4.78, 5) is 16.4. The fourth-order valence-electron chi connectivity index (χ4n) is 3.88. The summed E-state index contributed by atoms with van der Waals surface area (Å²) < 4.78 is 5.49. The smallest absolute Gasteiger partial charge is 0.410 e. The van der Waals surface area contributed by atoms with Crippen LogP contribution in [0.3, 0.4) is 0 Å². The van der Waals surface area contributed by atoms with E-state index in [1.54, 1.807) is 0 Å². The van der Waals surface area contributed by atoms with Gasteiger partial charge >= 0.3 is 6.09 Å². The van der Waals surface area contributed by atoms with Gasteiger partial charge in [-0.25, -0.2) is 4.79 Å². The third-order valence-corrected chi connectivity index (χ3v) is 5.28. The molecule has 3 rings (SSSR count). The SMILES string of the molecule is CC(C)(C)OC(=O)N1CCC2(CC1)CCN(c1ccccc1C#N)C2. The van der Waals surface area contributed by atoms with Gasteiger partial charge in [0.15, 0.2) is 0 Å². The van der Waals surface area contributed by atoms with Gasteiger partial charge in [-0.2, -0.15) is 5.26 Å². The molecule has 1 amide bonds. The topological polar surface area (TPSA) is 56.6 Å². The van der Waals surface area contributed by atoms with E-state index in [1.165, 1.54) is 0 Å². The summed E-state index contributed by atoms with van der Waals surface area (Å²) in [5.41, 5.74) is 1.58. The van der Waals surface area contributed by atoms with Crippen molar-refractivity contribution in [3.63, 3.8) is 0 Å². The van der Waals surface area contributed by atoms with Crippen molar-refractivity contribution in [3.8, 4) is 6.07 Å². The summed E-state index contributed by atoms with van der Waals surface area (Å²) in [7, 11) is 0. The molecule has 2 aliphatic rings. The highest BCUT2D eigenvalue weighted by atomic mass is 16.6. The predicted molar refractivity (Wildman–Crippen MR) is 97.5 cm³/mol. The zero-order chi connectivity index (χ0) is 18.1. The van der Waals surface area contributed by atoms with Crippen LogP contribution in [0.15, 0.2) is 24.3 Å². The zero-order valence-electron chi connectivity index (χ0n) is 15.4. The minimum Gasteiger partial charge on any atom is -0.444 e. The van der Waals surface area contributed by atoms with Crippen LogP contribution in [0.2, 0.25) is 0 Å². The number of carbonyl (C=O) groups excluding carboxylic acids is 1. The Kier molecular flexibility index (Phi) is 4.64. The first-order valence-electron chi connectivity index (χ1n) is 9.04. The zero-order valence-corrected chi connectivity index (χ0v) is 15.4. The van der Waals surface area contributed by atoms with Gasteiger partial charge in [0.05, 0.1) is 11.3 Å². The maximum atomic E-state index is 12.2. The molecule has 2 saturated heterocycles. The molecule has 1 aromatic carbocycles. The van der Waals surface area contributed by atoms with E-state index in [9.17, 15) is 10.1 Å². The van der Waals surface area contributed by atoms with Crippen molar-refractivity contribution in [3.05, 3.63) is 29.8 Å². The second kappa shape index (κ2) is 6.59. The van der Waals surface area contributed by atoms with Crippen LogP contribution in [0.4, 0.5) is 10.5 Å². The van der Waals surface area contributed by atoms with Crippen LogP contribution in [-0.2, 0) is 4.74 Å². The van der Waals surface area contributed by atoms with E-state index in [-0.39, 0.29) is 11.5 Å². The first-order chi connectivity index (χ1) is 11.8. The molecular weight excluding hydrogens is 314 g/mol. The number of benzene rings is 1. The first kappa shape index (κ1) is 17.6. The lowest BCUT2D eigenvalue weighted by molar-refractivity contribution is 0.0122. The maximum absolute atomic E-state index is 12.2. The standard InChI is InChI=1S/C20H27N3O2/c1-19(2,3)25-18(24)22-11-8-20(9-12-22)10-13-23(15-20)17-7-5-4-6-16(17)14-21/h4-7H,8-13,15H2,1-3H3. The fraction of sp³-hybridized carbons (Fsp3) is 0.600. The van der Waals surface area contributed by atoms with Crippen LogP contribution in [0.25, 0.3) is 0 Å². The summed E-state index contributed by atoms with van der Waals surface area (Å²) in [5.74, 6) is 0. The molecule has 2 aliphatic heterocycles. The Morgan fingerprint density at radius 1 is 1.16 bits per heavy atom. The molecule has 5 heteroatoms. The highest BCUT2D eigenvalue weighted by Crippen LogP contribution is 2.42. The van der Waals surface area contributed by atoms with Crippen molar-refractivity contribution in [1.82, 2.24) is 4.90 Å². The molecule has 2 fully saturated rings. The average molecular weight is 341 g/mol. The van der Waals surface area contributed by atoms with Gasteiger partial charge in [0, 0.05) is 26.2 Å². The van der Waals surface area contributed by atoms with Crippen molar-refractivity contribution >= 4 is 11.8 Å². The number of amides is 1. The monoisotopic (exact) mass is 341 g/mol. The molecule has 134 valence electrons. The number of anilines is 1. The molecule has 1 spiro atoms. The number of ether oxygens (including phenoxy) is 1. The molecule has 0 radical (unpaired) electrons. The lowest BCUT2D eigenvalue weighted by Crippen LogP contribution is -2.46. The molecule has 0 atom stereocenters. The number of hydrogen-bond donors (Lipinski definition) is 0. The Labute approximate surface area is 150 Å². The van der Waals surface area contributed by atoms with E-state index in [2.05, 4.69) is 11.0 Å². The van der Waals surface area contributed by atoms with Crippen LogP contribution in [0, 0.1) is 16.7 Å². The van der Waals surface area contributed by atoms with Gasteiger partial charge < -0.3 is 14.5 Å². The molecule has 25 heavy (non-hydrogen) atoms. The third kappa shape index (κ3) is 3.89. The highest BCUT2D eigenvalue weighted by molar-refractivity contribution is 5.68. The van der Waals surface area contributed by atoms with Gasteiger partial charge in [0.2, 0.25) is 0 Å². The second-order valence-corrected chi connectivity index (χ2v) is 8.27. The van der Waals surface area contributed by atoms with Gasteiger partial charge in [-0.3, -0.25) is 0 Å². The molecule has 0 bridgehead atoms. The normalized spacial score (nSPS) is 19.8. The number of hydrogen-bond acceptors (Lipinski definition) is 4. The van der Waals surface area contributed by atoms with Gasteiger partial charge in [-0.1, -0.05) is 12.1 Å². The van der Waals surface area contributed by atoms with Gasteiger partial charge in [-0.05, 0) is 57.6 Å². The molecule has 0 N–H and O–H groups in total. The Morgan fingerprint density at radius 2 is 1.80 bits per heavy atom. The number of nitriles is 1. The van der Waals surface area contributed by atoms with Crippen molar-refractivity contribution in [2.24, 2.45) is 5.41 Å². The third-order valence-electron chi connectivity index (χ3n) is 5.28. The quantitative estimate of drug-likeness (QED) is 0.780. The van der Waals surface area contributed by atoms with Crippen LogP contribution in [-0.4, -0.2) is 42.8 Å².